The number of hydrogen-bond donors (Lipinski definition) is 0. The molecule has 0 atom stereocenters. The molecule has 1 aromatic rings. The van der Waals surface area contributed by atoms with Crippen molar-refractivity contribution in [3.63, 3.8) is 0 Å². The molecule has 0 N–H and O–H groups in total. The molecule has 3 heteroatoms. The van der Waals surface area contributed by atoms with Crippen LogP contribution in [0.4, 0.5) is 0 Å². The molecule has 28 valence electrons. The average Bonchev–Trinajstić information content (AvgIpc) is 1.72. The Labute approximate surface area is 55.5 Å². The van der Waals surface area contributed by atoms with E-state index in [-0.39, 0.29) is 18.9 Å². The third kappa shape index (κ3) is 2.62. The molecule has 0 aliphatic heterocycles. The molecule has 0 bridgehead atoms. The summed E-state index contributed by atoms with van der Waals surface area (Å²) in [5.74, 6) is 4.61. The molecule has 0 saturated carbocycles. The predicted molar refractivity (Wildman–Crippen MR) is 24.4 cm³/mol. The molecule has 0 aliphatic rings. The van der Waals surface area contributed by atoms with Crippen LogP contribution >= 0.6 is 0 Å². The van der Waals surface area contributed by atoms with E-state index in [1.807, 2.05) is 12.9 Å². The van der Waals surface area contributed by atoms with Crippen LogP contribution in [0.25, 0.3) is 0 Å². The van der Waals surface area contributed by atoms with Crippen molar-refractivity contribution in [2.75, 3.05) is 0 Å². The molecular weight excluding hydrogens is 79.8 g/mol. The minimum absolute atomic E-state index is 0. The van der Waals surface area contributed by atoms with Crippen LogP contribution in [-0.2, 0) is 0 Å². The Kier molecular flexibility index (Phi) is 4.08. The van der Waals surface area contributed by atoms with E-state index < -0.39 is 0 Å². The summed E-state index contributed by atoms with van der Waals surface area (Å²) in [5, 5.41) is 0. The maximum absolute atomic E-state index is 3.73. The van der Waals surface area contributed by atoms with Gasteiger partial charge in [0.2, 0.25) is 0 Å². The van der Waals surface area contributed by atoms with Crippen LogP contribution in [0, 0.1) is 5.96 Å². The molecule has 0 aliphatic carbocycles. The van der Waals surface area contributed by atoms with E-state index in [9.17, 15) is 0 Å². The van der Waals surface area contributed by atoms with Crippen molar-refractivity contribution in [1.29, 1.82) is 0 Å². The fourth-order valence-corrected chi connectivity index (χ4v) is 0.277. The number of hydrogen-bond acceptors (Lipinski definition) is 1. The second kappa shape index (κ2) is 4.11. The molecule has 0 amide bonds. The summed E-state index contributed by atoms with van der Waals surface area (Å²) in [7, 11) is 0. The number of aromatic nitrogens is 1. The molecule has 1 nitrogen and oxygen atoms in total. The van der Waals surface area contributed by atoms with Gasteiger partial charge in [0, 0.05) is 0 Å². The van der Waals surface area contributed by atoms with Gasteiger partial charge in [-0.15, -0.1) is 0 Å². The summed E-state index contributed by atoms with van der Waals surface area (Å²) in [5.41, 5.74) is 0. The van der Waals surface area contributed by atoms with E-state index in [0.717, 1.165) is 0 Å². The second-order valence-electron chi connectivity index (χ2n) is 0.953. The standard InChI is InChI=1S/C4H3BN.Li/c1-3-6-4-2-5-1;/h1,3-4H;/q-1;+1. The molecule has 0 fully saturated rings. The molecule has 1 rings (SSSR count). The van der Waals surface area contributed by atoms with Crippen molar-refractivity contribution >= 4 is 6.91 Å². The first kappa shape index (κ1) is 6.94. The molecule has 0 aromatic carbocycles. The molecule has 0 spiro atoms. The van der Waals surface area contributed by atoms with Crippen molar-refractivity contribution < 1.29 is 18.9 Å². The first-order valence-electron chi connectivity index (χ1n) is 1.76. The van der Waals surface area contributed by atoms with Crippen LogP contribution in [-0.4, -0.2) is 11.9 Å². The van der Waals surface area contributed by atoms with E-state index in [1.54, 1.807) is 12.4 Å². The van der Waals surface area contributed by atoms with E-state index in [4.69, 9.17) is 0 Å². The Balaban J connectivity index is 0.000000360. The monoisotopic (exact) mass is 83.1 g/mol. The van der Waals surface area contributed by atoms with Crippen LogP contribution in [0.5, 0.6) is 0 Å². The summed E-state index contributed by atoms with van der Waals surface area (Å²) in [4.78, 5) is 3.73. The van der Waals surface area contributed by atoms with Gasteiger partial charge in [0.1, 0.15) is 0 Å². The fourth-order valence-electron chi connectivity index (χ4n) is 0.277. The summed E-state index contributed by atoms with van der Waals surface area (Å²) < 4.78 is 0. The van der Waals surface area contributed by atoms with Crippen LogP contribution in [0.3, 0.4) is 0 Å². The Morgan fingerprint density at radius 1 is 1.57 bits per heavy atom. The van der Waals surface area contributed by atoms with Crippen molar-refractivity contribution in [3.05, 3.63) is 24.3 Å². The van der Waals surface area contributed by atoms with Crippen molar-refractivity contribution in [1.82, 2.24) is 4.98 Å². The summed E-state index contributed by atoms with van der Waals surface area (Å²) >= 11 is 0. The van der Waals surface area contributed by atoms with Gasteiger partial charge in [0.05, 0.1) is 0 Å². The SMILES string of the molecule is [Li+].b1[c-]cncc1. The van der Waals surface area contributed by atoms with Crippen LogP contribution in [0.1, 0.15) is 0 Å². The molecule has 0 radical (unpaired) electrons. The van der Waals surface area contributed by atoms with Gasteiger partial charge in [0.15, 0.2) is 0 Å². The quantitative estimate of drug-likeness (QED) is 0.244. The zero-order valence-electron chi connectivity index (χ0n) is 4.26. The van der Waals surface area contributed by atoms with Gasteiger partial charge in [-0.3, -0.25) is 0 Å². The van der Waals surface area contributed by atoms with E-state index in [0.29, 0.717) is 0 Å². The Hall–Kier alpha value is -0.0577. The molecule has 1 aromatic heterocycles. The van der Waals surface area contributed by atoms with Gasteiger partial charge < -0.3 is 0 Å². The summed E-state index contributed by atoms with van der Waals surface area (Å²) in [6.45, 7) is 1.81. The van der Waals surface area contributed by atoms with Crippen LogP contribution < -0.4 is 18.9 Å². The zero-order chi connectivity index (χ0) is 4.24. The van der Waals surface area contributed by atoms with Crippen LogP contribution in [0.15, 0.2) is 18.4 Å². The van der Waals surface area contributed by atoms with Gasteiger partial charge in [-0.2, -0.15) is 0 Å². The average molecular weight is 82.8 g/mol. The fraction of sp³-hybridized carbons (Fsp3) is 0. The number of nitrogens with zero attached hydrogens (tertiary/aromatic N) is 1. The third-order valence-electron chi connectivity index (χ3n) is 0.514. The molecule has 1 heterocycles. The topological polar surface area (TPSA) is 12.9 Å². The van der Waals surface area contributed by atoms with Gasteiger partial charge in [-0.25, -0.2) is 0 Å². The zero-order valence-corrected chi connectivity index (χ0v) is 4.26. The van der Waals surface area contributed by atoms with Gasteiger partial charge >= 0.3 is 55.1 Å². The number of rotatable bonds is 0. The molecule has 7 heavy (non-hydrogen) atoms. The van der Waals surface area contributed by atoms with E-state index in [1.165, 1.54) is 0 Å². The van der Waals surface area contributed by atoms with Gasteiger partial charge in [-0.05, 0) is 0 Å². The first-order valence-corrected chi connectivity index (χ1v) is 1.76. The Morgan fingerprint density at radius 2 is 2.43 bits per heavy atom. The van der Waals surface area contributed by atoms with Crippen molar-refractivity contribution in [2.45, 2.75) is 0 Å². The molecular formula is C4H3BLiN. The third-order valence-corrected chi connectivity index (χ3v) is 0.514. The maximum atomic E-state index is 3.73. The Bertz CT molecular complexity index is 83.6. The van der Waals surface area contributed by atoms with Gasteiger partial charge in [0.25, 0.3) is 0 Å². The van der Waals surface area contributed by atoms with Crippen molar-refractivity contribution in [3.8, 4) is 0 Å². The minimum atomic E-state index is 0. The summed E-state index contributed by atoms with van der Waals surface area (Å²) in [6, 6.07) is 0. The molecule has 0 unspecified atom stereocenters. The first-order chi connectivity index (χ1) is 3.00. The van der Waals surface area contributed by atoms with Crippen LogP contribution in [0.2, 0.25) is 0 Å². The van der Waals surface area contributed by atoms with E-state index in [2.05, 4.69) is 10.9 Å². The Morgan fingerprint density at radius 3 is 2.57 bits per heavy atom. The van der Waals surface area contributed by atoms with E-state index >= 15 is 0 Å². The predicted octanol–water partition coefficient (Wildman–Crippen LogP) is -2.78. The van der Waals surface area contributed by atoms with Crippen molar-refractivity contribution in [2.24, 2.45) is 0 Å². The second-order valence-corrected chi connectivity index (χ2v) is 0.953. The summed E-state index contributed by atoms with van der Waals surface area (Å²) in [6.07, 6.45) is 3.34. The normalized spacial score (nSPS) is 6.29. The molecule has 0 saturated heterocycles. The van der Waals surface area contributed by atoms with Gasteiger partial charge in [-0.1, -0.05) is 0 Å².